The van der Waals surface area contributed by atoms with Gasteiger partial charge in [-0.15, -0.1) is 0 Å². The molecular weight excluding hydrogens is 237 g/mol. The van der Waals surface area contributed by atoms with Crippen LogP contribution in [0.4, 0.5) is 0 Å². The number of oxazole rings is 1. The summed E-state index contributed by atoms with van der Waals surface area (Å²) in [6.07, 6.45) is 1.59. The number of nitrogens with zero attached hydrogens (tertiary/aromatic N) is 1. The molecule has 0 saturated heterocycles. The van der Waals surface area contributed by atoms with Crippen molar-refractivity contribution in [1.82, 2.24) is 4.57 Å². The van der Waals surface area contributed by atoms with Crippen LogP contribution in [0.5, 0.6) is 0 Å². The van der Waals surface area contributed by atoms with Crippen LogP contribution in [-0.2, 0) is 0 Å². The Labute approximate surface area is 95.8 Å². The zero-order chi connectivity index (χ0) is 11.0. The van der Waals surface area contributed by atoms with Crippen molar-refractivity contribution in [3.8, 4) is 5.69 Å². The maximum atomic E-state index is 11.4. The van der Waals surface area contributed by atoms with Gasteiger partial charge in [0.05, 0.1) is 11.9 Å². The highest BCUT2D eigenvalue weighted by Crippen LogP contribution is 2.21. The highest BCUT2D eigenvalue weighted by Gasteiger charge is 2.06. The van der Waals surface area contributed by atoms with Crippen molar-refractivity contribution in [2.45, 2.75) is 6.92 Å². The monoisotopic (exact) mass is 243 g/mol. The Balaban J connectivity index is 2.63. The van der Waals surface area contributed by atoms with Crippen molar-refractivity contribution in [1.29, 1.82) is 0 Å². The number of halogens is 2. The van der Waals surface area contributed by atoms with E-state index in [-0.39, 0.29) is 0 Å². The Kier molecular flexibility index (Phi) is 2.59. The molecule has 0 amide bonds. The van der Waals surface area contributed by atoms with Gasteiger partial charge in [0.2, 0.25) is 0 Å². The lowest BCUT2D eigenvalue weighted by Gasteiger charge is -2.01. The van der Waals surface area contributed by atoms with Gasteiger partial charge in [-0.2, -0.15) is 0 Å². The number of hydrogen-bond acceptors (Lipinski definition) is 2. The molecule has 5 heteroatoms. The van der Waals surface area contributed by atoms with Gasteiger partial charge >= 0.3 is 5.76 Å². The minimum absolute atomic E-state index is 0.453. The van der Waals surface area contributed by atoms with Crippen LogP contribution >= 0.6 is 23.2 Å². The van der Waals surface area contributed by atoms with Crippen molar-refractivity contribution in [2.24, 2.45) is 0 Å². The third-order valence-corrected chi connectivity index (χ3v) is 2.32. The van der Waals surface area contributed by atoms with Crippen LogP contribution in [0.1, 0.15) is 5.76 Å². The lowest BCUT2D eigenvalue weighted by atomic mass is 10.3. The second kappa shape index (κ2) is 3.76. The Bertz CT molecular complexity index is 537. The third kappa shape index (κ3) is 2.08. The first-order valence-corrected chi connectivity index (χ1v) is 4.97. The Morgan fingerprint density at radius 1 is 1.20 bits per heavy atom. The van der Waals surface area contributed by atoms with Crippen LogP contribution in [0.3, 0.4) is 0 Å². The van der Waals surface area contributed by atoms with E-state index in [2.05, 4.69) is 0 Å². The van der Waals surface area contributed by atoms with Crippen molar-refractivity contribution in [3.63, 3.8) is 0 Å². The molecule has 0 fully saturated rings. The molecule has 0 aliphatic carbocycles. The summed E-state index contributed by atoms with van der Waals surface area (Å²) < 4.78 is 6.22. The normalized spacial score (nSPS) is 10.6. The van der Waals surface area contributed by atoms with Gasteiger partial charge in [-0.1, -0.05) is 23.2 Å². The molecule has 78 valence electrons. The van der Waals surface area contributed by atoms with Crippen molar-refractivity contribution < 1.29 is 4.42 Å². The molecule has 15 heavy (non-hydrogen) atoms. The van der Waals surface area contributed by atoms with Crippen LogP contribution in [0.15, 0.2) is 33.6 Å². The van der Waals surface area contributed by atoms with E-state index in [1.807, 2.05) is 0 Å². The molecule has 0 unspecified atom stereocenters. The van der Waals surface area contributed by atoms with Crippen molar-refractivity contribution in [2.75, 3.05) is 0 Å². The number of rotatable bonds is 1. The molecule has 0 atom stereocenters. The number of aromatic nitrogens is 1. The Morgan fingerprint density at radius 3 is 2.27 bits per heavy atom. The first kappa shape index (κ1) is 10.3. The Hall–Kier alpha value is -1.19. The topological polar surface area (TPSA) is 35.1 Å². The highest BCUT2D eigenvalue weighted by atomic mass is 35.5. The Morgan fingerprint density at radius 2 is 1.80 bits per heavy atom. The van der Waals surface area contributed by atoms with E-state index in [0.29, 0.717) is 21.5 Å². The van der Waals surface area contributed by atoms with E-state index >= 15 is 0 Å². The summed E-state index contributed by atoms with van der Waals surface area (Å²) in [6, 6.07) is 4.89. The maximum Gasteiger partial charge on any atom is 0.423 e. The number of hydrogen-bond donors (Lipinski definition) is 0. The fraction of sp³-hybridized carbons (Fsp3) is 0.100. The SMILES string of the molecule is Cc1cn(-c2cc(Cl)cc(Cl)c2)c(=O)o1. The molecule has 1 aromatic carbocycles. The molecule has 0 N–H and O–H groups in total. The maximum absolute atomic E-state index is 11.4. The van der Waals surface area contributed by atoms with Crippen LogP contribution in [0.25, 0.3) is 5.69 Å². The van der Waals surface area contributed by atoms with E-state index < -0.39 is 5.76 Å². The van der Waals surface area contributed by atoms with Crippen LogP contribution in [0.2, 0.25) is 10.0 Å². The lowest BCUT2D eigenvalue weighted by Crippen LogP contribution is -2.10. The van der Waals surface area contributed by atoms with E-state index in [1.54, 1.807) is 31.3 Å². The zero-order valence-electron chi connectivity index (χ0n) is 7.83. The molecule has 2 aromatic rings. The van der Waals surface area contributed by atoms with Gasteiger partial charge in [-0.05, 0) is 25.1 Å². The minimum Gasteiger partial charge on any atom is -0.413 e. The fourth-order valence-electron chi connectivity index (χ4n) is 1.31. The summed E-state index contributed by atoms with van der Waals surface area (Å²) in [5.41, 5.74) is 0.592. The third-order valence-electron chi connectivity index (χ3n) is 1.88. The molecule has 1 aromatic heterocycles. The second-order valence-corrected chi connectivity index (χ2v) is 3.98. The molecule has 3 nitrogen and oxygen atoms in total. The second-order valence-electron chi connectivity index (χ2n) is 3.11. The average molecular weight is 244 g/mol. The molecular formula is C10H7Cl2NO2. The number of aryl methyl sites for hydroxylation is 1. The molecule has 1 heterocycles. The molecule has 0 aliphatic rings. The van der Waals surface area contributed by atoms with Gasteiger partial charge in [0, 0.05) is 10.0 Å². The van der Waals surface area contributed by atoms with Crippen LogP contribution < -0.4 is 5.76 Å². The summed E-state index contributed by atoms with van der Waals surface area (Å²) in [4.78, 5) is 11.4. The lowest BCUT2D eigenvalue weighted by molar-refractivity contribution is 0.479. The van der Waals surface area contributed by atoms with E-state index in [1.165, 1.54) is 4.57 Å². The minimum atomic E-state index is -0.453. The van der Waals surface area contributed by atoms with Gasteiger partial charge in [-0.3, -0.25) is 0 Å². The van der Waals surface area contributed by atoms with Crippen molar-refractivity contribution in [3.05, 3.63) is 50.8 Å². The first-order chi connectivity index (χ1) is 7.06. The molecule has 0 spiro atoms. The molecule has 0 bridgehead atoms. The smallest absolute Gasteiger partial charge is 0.413 e. The fourth-order valence-corrected chi connectivity index (χ4v) is 1.82. The quantitative estimate of drug-likeness (QED) is 0.772. The summed E-state index contributed by atoms with van der Waals surface area (Å²) in [7, 11) is 0. The van der Waals surface area contributed by atoms with E-state index in [4.69, 9.17) is 27.6 Å². The molecule has 0 radical (unpaired) electrons. The molecule has 2 rings (SSSR count). The van der Waals surface area contributed by atoms with E-state index in [9.17, 15) is 4.79 Å². The van der Waals surface area contributed by atoms with Gasteiger partial charge in [0.1, 0.15) is 5.76 Å². The molecule has 0 aliphatic heterocycles. The van der Waals surface area contributed by atoms with Gasteiger partial charge in [0.15, 0.2) is 0 Å². The van der Waals surface area contributed by atoms with Crippen LogP contribution in [-0.4, -0.2) is 4.57 Å². The summed E-state index contributed by atoms with van der Waals surface area (Å²) in [5, 5.41) is 0.950. The largest absolute Gasteiger partial charge is 0.423 e. The van der Waals surface area contributed by atoms with Crippen LogP contribution in [0, 0.1) is 6.92 Å². The predicted octanol–water partition coefficient (Wildman–Crippen LogP) is 3.05. The average Bonchev–Trinajstić information content (AvgIpc) is 2.43. The van der Waals surface area contributed by atoms with E-state index in [0.717, 1.165) is 0 Å². The summed E-state index contributed by atoms with van der Waals surface area (Å²) in [6.45, 7) is 1.70. The standard InChI is InChI=1S/C10H7Cl2NO2/c1-6-5-13(10(14)15-6)9-3-7(11)2-8(12)4-9/h2-5H,1H3. The van der Waals surface area contributed by atoms with Crippen molar-refractivity contribution >= 4 is 23.2 Å². The van der Waals surface area contributed by atoms with Gasteiger partial charge in [-0.25, -0.2) is 9.36 Å². The first-order valence-electron chi connectivity index (χ1n) is 4.22. The van der Waals surface area contributed by atoms with Gasteiger partial charge < -0.3 is 4.42 Å². The number of benzene rings is 1. The summed E-state index contributed by atoms with van der Waals surface area (Å²) in [5.74, 6) is 0.0851. The summed E-state index contributed by atoms with van der Waals surface area (Å²) >= 11 is 11.7. The predicted molar refractivity (Wildman–Crippen MR) is 59.1 cm³/mol. The highest BCUT2D eigenvalue weighted by molar-refractivity contribution is 6.34. The van der Waals surface area contributed by atoms with Gasteiger partial charge in [0.25, 0.3) is 0 Å². The molecule has 0 saturated carbocycles. The zero-order valence-corrected chi connectivity index (χ0v) is 9.34.